The average molecular weight is 240 g/mol. The van der Waals surface area contributed by atoms with Gasteiger partial charge in [0.25, 0.3) is 5.22 Å². The van der Waals surface area contributed by atoms with Gasteiger partial charge >= 0.3 is 0 Å². The van der Waals surface area contributed by atoms with Crippen LogP contribution in [0, 0.1) is 5.92 Å². The van der Waals surface area contributed by atoms with Crippen molar-refractivity contribution in [3.05, 3.63) is 12.5 Å². The van der Waals surface area contributed by atoms with E-state index < -0.39 is 0 Å². The van der Waals surface area contributed by atoms with Crippen LogP contribution in [0.4, 0.5) is 0 Å². The molecule has 1 atom stereocenters. The monoisotopic (exact) mass is 240 g/mol. The highest BCUT2D eigenvalue weighted by atomic mass is 32.2. The molecule has 1 aromatic rings. The molecule has 1 saturated carbocycles. The fourth-order valence-corrected chi connectivity index (χ4v) is 3.45. The maximum absolute atomic E-state index is 5.24. The first-order valence-electron chi connectivity index (χ1n) is 6.09. The van der Waals surface area contributed by atoms with Gasteiger partial charge in [-0.2, -0.15) is 0 Å². The maximum Gasteiger partial charge on any atom is 0.255 e. The molecule has 1 N–H and O–H groups in total. The highest BCUT2D eigenvalue weighted by molar-refractivity contribution is 7.99. The molecule has 0 aromatic carbocycles. The van der Waals surface area contributed by atoms with E-state index in [-0.39, 0.29) is 0 Å². The van der Waals surface area contributed by atoms with Gasteiger partial charge in [0.1, 0.15) is 6.26 Å². The molecule has 0 aliphatic heterocycles. The first-order valence-corrected chi connectivity index (χ1v) is 7.08. The number of aromatic nitrogens is 1. The van der Waals surface area contributed by atoms with Crippen LogP contribution in [0.15, 0.2) is 22.1 Å². The van der Waals surface area contributed by atoms with E-state index in [0.29, 0.717) is 6.04 Å². The van der Waals surface area contributed by atoms with Gasteiger partial charge in [0.2, 0.25) is 0 Å². The van der Waals surface area contributed by atoms with Crippen molar-refractivity contribution >= 4 is 11.8 Å². The zero-order chi connectivity index (χ0) is 11.2. The van der Waals surface area contributed by atoms with Crippen LogP contribution in [0.3, 0.4) is 0 Å². The number of oxazole rings is 1. The number of thioether (sulfide) groups is 1. The summed E-state index contributed by atoms with van der Waals surface area (Å²) in [7, 11) is 2.06. The van der Waals surface area contributed by atoms with Crippen LogP contribution in [0.1, 0.15) is 32.1 Å². The maximum atomic E-state index is 5.24. The highest BCUT2D eigenvalue weighted by Crippen LogP contribution is 2.29. The molecule has 0 radical (unpaired) electrons. The van der Waals surface area contributed by atoms with Crippen molar-refractivity contribution in [3.8, 4) is 0 Å². The minimum Gasteiger partial charge on any atom is -0.440 e. The lowest BCUT2D eigenvalue weighted by Crippen LogP contribution is -2.36. The zero-order valence-electron chi connectivity index (χ0n) is 9.82. The van der Waals surface area contributed by atoms with E-state index in [9.17, 15) is 0 Å². The van der Waals surface area contributed by atoms with Gasteiger partial charge in [0, 0.05) is 11.8 Å². The first-order chi connectivity index (χ1) is 7.90. The lowest BCUT2D eigenvalue weighted by Gasteiger charge is -2.29. The molecule has 3 nitrogen and oxygen atoms in total. The lowest BCUT2D eigenvalue weighted by atomic mass is 9.84. The molecule has 2 rings (SSSR count). The van der Waals surface area contributed by atoms with E-state index in [2.05, 4.69) is 17.3 Å². The van der Waals surface area contributed by atoms with Gasteiger partial charge in [-0.05, 0) is 25.8 Å². The van der Waals surface area contributed by atoms with Gasteiger partial charge in [-0.1, -0.05) is 31.0 Å². The summed E-state index contributed by atoms with van der Waals surface area (Å²) in [5.74, 6) is 1.89. The van der Waals surface area contributed by atoms with Gasteiger partial charge in [-0.25, -0.2) is 4.98 Å². The Hall–Kier alpha value is -0.480. The predicted molar refractivity (Wildman–Crippen MR) is 66.6 cm³/mol. The highest BCUT2D eigenvalue weighted by Gasteiger charge is 2.22. The molecule has 16 heavy (non-hydrogen) atoms. The summed E-state index contributed by atoms with van der Waals surface area (Å²) in [6.45, 7) is 0. The van der Waals surface area contributed by atoms with Crippen LogP contribution in [-0.2, 0) is 0 Å². The second-order valence-electron chi connectivity index (χ2n) is 4.40. The van der Waals surface area contributed by atoms with Crippen molar-refractivity contribution in [2.75, 3.05) is 12.8 Å². The fraction of sp³-hybridized carbons (Fsp3) is 0.750. The third kappa shape index (κ3) is 3.25. The number of nitrogens with zero attached hydrogens (tertiary/aromatic N) is 1. The molecule has 0 amide bonds. The molecule has 1 unspecified atom stereocenters. The predicted octanol–water partition coefficient (Wildman–Crippen LogP) is 2.94. The second-order valence-corrected chi connectivity index (χ2v) is 5.37. The third-order valence-electron chi connectivity index (χ3n) is 3.39. The fourth-order valence-electron chi connectivity index (χ4n) is 2.43. The van der Waals surface area contributed by atoms with E-state index >= 15 is 0 Å². The molecule has 0 bridgehead atoms. The summed E-state index contributed by atoms with van der Waals surface area (Å²) in [6.07, 6.45) is 10.3. The Morgan fingerprint density at radius 2 is 2.31 bits per heavy atom. The van der Waals surface area contributed by atoms with Crippen LogP contribution >= 0.6 is 11.8 Å². The smallest absolute Gasteiger partial charge is 0.255 e. The summed E-state index contributed by atoms with van der Waals surface area (Å²) in [4.78, 5) is 4.14. The van der Waals surface area contributed by atoms with Gasteiger partial charge in [-0.3, -0.25) is 0 Å². The first kappa shape index (κ1) is 12.0. The summed E-state index contributed by atoms with van der Waals surface area (Å²) in [5, 5.41) is 4.23. The largest absolute Gasteiger partial charge is 0.440 e. The number of hydrogen-bond acceptors (Lipinski definition) is 4. The average Bonchev–Trinajstić information content (AvgIpc) is 2.84. The number of hydrogen-bond donors (Lipinski definition) is 1. The molecule has 0 spiro atoms. The van der Waals surface area contributed by atoms with Crippen LogP contribution in [-0.4, -0.2) is 23.8 Å². The molecular weight excluding hydrogens is 220 g/mol. The zero-order valence-corrected chi connectivity index (χ0v) is 10.6. The van der Waals surface area contributed by atoms with E-state index in [1.165, 1.54) is 32.1 Å². The molecule has 1 aliphatic carbocycles. The Kier molecular flexibility index (Phi) is 4.72. The molecule has 4 heteroatoms. The van der Waals surface area contributed by atoms with Crippen LogP contribution < -0.4 is 5.32 Å². The van der Waals surface area contributed by atoms with Gasteiger partial charge in [0.15, 0.2) is 0 Å². The van der Waals surface area contributed by atoms with Crippen LogP contribution in [0.2, 0.25) is 0 Å². The molecule has 0 saturated heterocycles. The van der Waals surface area contributed by atoms with Crippen molar-refractivity contribution in [1.82, 2.24) is 10.3 Å². The standard InChI is InChI=1S/C12H20N2OS/c1-13-11(10-5-3-2-4-6-10)9-16-12-14-7-8-15-12/h7-8,10-11,13H,2-6,9H2,1H3. The quantitative estimate of drug-likeness (QED) is 0.803. The van der Waals surface area contributed by atoms with Crippen molar-refractivity contribution < 1.29 is 4.42 Å². The van der Waals surface area contributed by atoms with E-state index in [1.807, 2.05) is 0 Å². The molecular formula is C12H20N2OS. The summed E-state index contributed by atoms with van der Waals surface area (Å²) in [6, 6.07) is 0.595. The van der Waals surface area contributed by atoms with Crippen LogP contribution in [0.25, 0.3) is 0 Å². The van der Waals surface area contributed by atoms with Crippen molar-refractivity contribution in [3.63, 3.8) is 0 Å². The topological polar surface area (TPSA) is 38.1 Å². The van der Waals surface area contributed by atoms with E-state index in [1.54, 1.807) is 24.2 Å². The van der Waals surface area contributed by atoms with Gasteiger partial charge < -0.3 is 9.73 Å². The summed E-state index contributed by atoms with van der Waals surface area (Å²) < 4.78 is 5.24. The van der Waals surface area contributed by atoms with Crippen LogP contribution in [0.5, 0.6) is 0 Å². The van der Waals surface area contributed by atoms with Crippen molar-refractivity contribution in [1.29, 1.82) is 0 Å². The number of nitrogens with one attached hydrogen (secondary N) is 1. The summed E-state index contributed by atoms with van der Waals surface area (Å²) >= 11 is 1.71. The van der Waals surface area contributed by atoms with Gasteiger partial charge in [0.05, 0.1) is 6.20 Å². The normalized spacial score (nSPS) is 19.8. The summed E-state index contributed by atoms with van der Waals surface area (Å²) in [5.41, 5.74) is 0. The van der Waals surface area contributed by atoms with Gasteiger partial charge in [-0.15, -0.1) is 0 Å². The molecule has 90 valence electrons. The van der Waals surface area contributed by atoms with E-state index in [4.69, 9.17) is 4.42 Å². The Balaban J connectivity index is 1.80. The second kappa shape index (κ2) is 6.30. The molecule has 1 fully saturated rings. The van der Waals surface area contributed by atoms with E-state index in [0.717, 1.165) is 16.9 Å². The molecule has 1 aromatic heterocycles. The molecule has 1 aliphatic rings. The number of rotatable bonds is 5. The Bertz CT molecular complexity index is 283. The van der Waals surface area contributed by atoms with Crippen molar-refractivity contribution in [2.45, 2.75) is 43.4 Å². The van der Waals surface area contributed by atoms with Crippen molar-refractivity contribution in [2.24, 2.45) is 5.92 Å². The minimum absolute atomic E-state index is 0.595. The SMILES string of the molecule is CNC(CSc1ncco1)C1CCCCC1. The third-order valence-corrected chi connectivity index (χ3v) is 4.36. The Morgan fingerprint density at radius 3 is 2.94 bits per heavy atom. The molecule has 1 heterocycles. The minimum atomic E-state index is 0.595. The lowest BCUT2D eigenvalue weighted by molar-refractivity contribution is 0.294. The Labute approximate surface area is 101 Å². The Morgan fingerprint density at radius 1 is 1.50 bits per heavy atom.